The van der Waals surface area contributed by atoms with E-state index in [9.17, 15) is 4.79 Å². The van der Waals surface area contributed by atoms with Crippen LogP contribution < -0.4 is 14.9 Å². The number of rotatable bonds is 9. The molecule has 0 aliphatic carbocycles. The molecular formula is C25H26N2O3. The Balaban J connectivity index is 1.49. The first-order valence-electron chi connectivity index (χ1n) is 10.0. The molecule has 3 rings (SSSR count). The van der Waals surface area contributed by atoms with E-state index in [-0.39, 0.29) is 5.91 Å². The molecule has 0 bridgehead atoms. The molecule has 0 saturated carbocycles. The van der Waals surface area contributed by atoms with Crippen molar-refractivity contribution in [2.45, 2.75) is 26.4 Å². The molecule has 0 saturated heterocycles. The Kier molecular flexibility index (Phi) is 7.61. The van der Waals surface area contributed by atoms with Gasteiger partial charge in [0.15, 0.2) is 6.10 Å². The second-order valence-electron chi connectivity index (χ2n) is 6.80. The molecule has 0 radical (unpaired) electrons. The summed E-state index contributed by atoms with van der Waals surface area (Å²) in [6, 6.07) is 25.3. The van der Waals surface area contributed by atoms with E-state index in [1.807, 2.05) is 66.7 Å². The minimum Gasteiger partial charge on any atom is -0.494 e. The van der Waals surface area contributed by atoms with Crippen molar-refractivity contribution in [3.8, 4) is 22.6 Å². The van der Waals surface area contributed by atoms with Crippen LogP contribution in [0.1, 0.15) is 25.8 Å². The first kappa shape index (κ1) is 21.1. The van der Waals surface area contributed by atoms with Crippen molar-refractivity contribution in [3.63, 3.8) is 0 Å². The number of hydrogen-bond acceptors (Lipinski definition) is 4. The van der Waals surface area contributed by atoms with Crippen molar-refractivity contribution in [1.82, 2.24) is 5.43 Å². The van der Waals surface area contributed by atoms with Crippen LogP contribution in [0.15, 0.2) is 84.0 Å². The van der Waals surface area contributed by atoms with Gasteiger partial charge in [0.1, 0.15) is 11.5 Å². The number of benzene rings is 3. The van der Waals surface area contributed by atoms with Crippen molar-refractivity contribution in [2.24, 2.45) is 5.10 Å². The third kappa shape index (κ3) is 6.21. The molecule has 1 atom stereocenters. The molecule has 0 aliphatic heterocycles. The summed E-state index contributed by atoms with van der Waals surface area (Å²) in [6.07, 6.45) is 1.88. The smallest absolute Gasteiger partial charge is 0.280 e. The quantitative estimate of drug-likeness (QED) is 0.402. The van der Waals surface area contributed by atoms with Crippen molar-refractivity contribution in [3.05, 3.63) is 84.4 Å². The lowest BCUT2D eigenvalue weighted by molar-refractivity contribution is -0.127. The van der Waals surface area contributed by atoms with E-state index < -0.39 is 6.10 Å². The van der Waals surface area contributed by atoms with Crippen molar-refractivity contribution in [2.75, 3.05) is 6.61 Å². The molecule has 0 aromatic heterocycles. The topological polar surface area (TPSA) is 59.9 Å². The van der Waals surface area contributed by atoms with Crippen molar-refractivity contribution in [1.29, 1.82) is 0 Å². The van der Waals surface area contributed by atoms with Gasteiger partial charge in [-0.2, -0.15) is 5.10 Å². The molecule has 1 amide bonds. The zero-order chi connectivity index (χ0) is 21.2. The van der Waals surface area contributed by atoms with Gasteiger partial charge in [-0.3, -0.25) is 4.79 Å². The summed E-state index contributed by atoms with van der Waals surface area (Å²) in [7, 11) is 0. The Labute approximate surface area is 177 Å². The molecule has 154 valence electrons. The lowest BCUT2D eigenvalue weighted by atomic mass is 10.1. The molecule has 3 aromatic carbocycles. The lowest BCUT2D eigenvalue weighted by Gasteiger charge is -2.13. The van der Waals surface area contributed by atoms with Gasteiger partial charge in [0, 0.05) is 0 Å². The summed E-state index contributed by atoms with van der Waals surface area (Å²) >= 11 is 0. The fourth-order valence-corrected chi connectivity index (χ4v) is 2.75. The number of nitrogens with zero attached hydrogens (tertiary/aromatic N) is 1. The average molecular weight is 402 g/mol. The third-order valence-electron chi connectivity index (χ3n) is 4.38. The number of hydrazone groups is 1. The van der Waals surface area contributed by atoms with E-state index in [0.717, 1.165) is 28.9 Å². The highest BCUT2D eigenvalue weighted by atomic mass is 16.5. The van der Waals surface area contributed by atoms with Gasteiger partial charge in [-0.25, -0.2) is 5.43 Å². The van der Waals surface area contributed by atoms with Gasteiger partial charge in [-0.15, -0.1) is 0 Å². The number of nitrogens with one attached hydrogen (secondary N) is 1. The monoisotopic (exact) mass is 402 g/mol. The molecule has 3 aromatic rings. The zero-order valence-corrected chi connectivity index (χ0v) is 17.2. The molecule has 0 aliphatic rings. The van der Waals surface area contributed by atoms with E-state index in [4.69, 9.17) is 9.47 Å². The molecule has 5 nitrogen and oxygen atoms in total. The van der Waals surface area contributed by atoms with Crippen molar-refractivity contribution >= 4 is 12.1 Å². The highest BCUT2D eigenvalue weighted by molar-refractivity contribution is 5.84. The summed E-state index contributed by atoms with van der Waals surface area (Å²) < 4.78 is 11.3. The van der Waals surface area contributed by atoms with Crippen LogP contribution in [0, 0.1) is 0 Å². The zero-order valence-electron chi connectivity index (χ0n) is 17.2. The summed E-state index contributed by atoms with van der Waals surface area (Å²) in [6.45, 7) is 4.44. The second-order valence-corrected chi connectivity index (χ2v) is 6.80. The minimum atomic E-state index is -0.672. The van der Waals surface area contributed by atoms with E-state index in [0.29, 0.717) is 12.4 Å². The Morgan fingerprint density at radius 2 is 1.57 bits per heavy atom. The molecule has 0 unspecified atom stereocenters. The number of hydrogen-bond donors (Lipinski definition) is 1. The van der Waals surface area contributed by atoms with Crippen LogP contribution in [0.2, 0.25) is 0 Å². The van der Waals surface area contributed by atoms with Crippen LogP contribution in [-0.4, -0.2) is 24.8 Å². The highest BCUT2D eigenvalue weighted by Gasteiger charge is 2.13. The summed E-state index contributed by atoms with van der Waals surface area (Å²) in [5.74, 6) is 1.13. The van der Waals surface area contributed by atoms with Gasteiger partial charge in [0.2, 0.25) is 0 Å². The number of amides is 1. The summed E-state index contributed by atoms with van der Waals surface area (Å²) in [4.78, 5) is 12.2. The number of carbonyl (C=O) groups is 1. The maximum Gasteiger partial charge on any atom is 0.280 e. The summed E-state index contributed by atoms with van der Waals surface area (Å²) in [5.41, 5.74) is 5.60. The van der Waals surface area contributed by atoms with Crippen LogP contribution in [0.3, 0.4) is 0 Å². The Bertz CT molecular complexity index is 952. The first-order valence-corrected chi connectivity index (χ1v) is 10.0. The van der Waals surface area contributed by atoms with E-state index in [1.54, 1.807) is 13.1 Å². The molecule has 0 fully saturated rings. The summed E-state index contributed by atoms with van der Waals surface area (Å²) in [5, 5.41) is 4.00. The van der Waals surface area contributed by atoms with Crippen LogP contribution in [-0.2, 0) is 4.79 Å². The fourth-order valence-electron chi connectivity index (χ4n) is 2.75. The van der Waals surface area contributed by atoms with E-state index >= 15 is 0 Å². The van der Waals surface area contributed by atoms with Gasteiger partial charge in [-0.1, -0.05) is 49.4 Å². The van der Waals surface area contributed by atoms with E-state index in [1.165, 1.54) is 0 Å². The van der Waals surface area contributed by atoms with E-state index in [2.05, 4.69) is 29.6 Å². The van der Waals surface area contributed by atoms with Gasteiger partial charge >= 0.3 is 0 Å². The molecule has 30 heavy (non-hydrogen) atoms. The van der Waals surface area contributed by atoms with Crippen LogP contribution in [0.5, 0.6) is 11.5 Å². The number of carbonyl (C=O) groups excluding carboxylic acids is 1. The van der Waals surface area contributed by atoms with Crippen LogP contribution >= 0.6 is 0 Å². The van der Waals surface area contributed by atoms with Gasteiger partial charge in [0.25, 0.3) is 5.91 Å². The third-order valence-corrected chi connectivity index (χ3v) is 4.38. The molecule has 0 heterocycles. The lowest BCUT2D eigenvalue weighted by Crippen LogP contribution is -2.33. The van der Waals surface area contributed by atoms with Crippen LogP contribution in [0.25, 0.3) is 11.1 Å². The first-order chi connectivity index (χ1) is 14.7. The Morgan fingerprint density at radius 3 is 2.23 bits per heavy atom. The second kappa shape index (κ2) is 10.8. The molecule has 0 spiro atoms. The molecule has 5 heteroatoms. The normalized spacial score (nSPS) is 11.8. The maximum absolute atomic E-state index is 12.2. The number of ether oxygens (including phenoxy) is 2. The van der Waals surface area contributed by atoms with Gasteiger partial charge in [-0.05, 0) is 66.4 Å². The van der Waals surface area contributed by atoms with Gasteiger partial charge < -0.3 is 9.47 Å². The Morgan fingerprint density at radius 1 is 0.933 bits per heavy atom. The SMILES string of the molecule is CCCOc1ccc(/C=N\NC(=O)[C@@H](C)Oc2ccc(-c3ccccc3)cc2)cc1. The van der Waals surface area contributed by atoms with Crippen LogP contribution in [0.4, 0.5) is 0 Å². The minimum absolute atomic E-state index is 0.318. The maximum atomic E-state index is 12.2. The average Bonchev–Trinajstić information content (AvgIpc) is 2.79. The van der Waals surface area contributed by atoms with Crippen molar-refractivity contribution < 1.29 is 14.3 Å². The van der Waals surface area contributed by atoms with Gasteiger partial charge in [0.05, 0.1) is 12.8 Å². The Hall–Kier alpha value is -3.60. The predicted molar refractivity (Wildman–Crippen MR) is 120 cm³/mol. The standard InChI is InChI=1S/C25H26N2O3/c1-3-17-29-23-13-9-20(10-14-23)18-26-27-25(28)19(2)30-24-15-11-22(12-16-24)21-7-5-4-6-8-21/h4-16,18-19H,3,17H2,1-2H3,(H,27,28)/b26-18-/t19-/m1/s1. The highest BCUT2D eigenvalue weighted by Crippen LogP contribution is 2.22. The predicted octanol–water partition coefficient (Wildman–Crippen LogP) is 5.06. The molecular weight excluding hydrogens is 376 g/mol. The molecule has 1 N–H and O–H groups in total. The largest absolute Gasteiger partial charge is 0.494 e. The fraction of sp³-hybridized carbons (Fsp3) is 0.200.